The van der Waals surface area contributed by atoms with Crippen LogP contribution in [0.25, 0.3) is 0 Å². The van der Waals surface area contributed by atoms with Crippen LogP contribution in [0.4, 0.5) is 5.13 Å². The predicted molar refractivity (Wildman–Crippen MR) is 119 cm³/mol. The Morgan fingerprint density at radius 2 is 1.84 bits per heavy atom. The Morgan fingerprint density at radius 1 is 1.10 bits per heavy atom. The van der Waals surface area contributed by atoms with Gasteiger partial charge in [-0.05, 0) is 24.6 Å². The van der Waals surface area contributed by atoms with E-state index < -0.39 is 15.7 Å². The predicted octanol–water partition coefficient (Wildman–Crippen LogP) is 3.62. The molecule has 2 heterocycles. The van der Waals surface area contributed by atoms with Crippen molar-refractivity contribution >= 4 is 32.2 Å². The van der Waals surface area contributed by atoms with Gasteiger partial charge in [0.05, 0.1) is 10.6 Å². The number of rotatable bonds is 7. The Kier molecular flexibility index (Phi) is 6.24. The minimum absolute atomic E-state index is 0.110. The molecular formula is C22H22N2O5S2. The molecule has 162 valence electrons. The zero-order chi connectivity index (χ0) is 21.8. The Hall–Kier alpha value is -2.91. The van der Waals surface area contributed by atoms with Gasteiger partial charge in [-0.3, -0.25) is 4.79 Å². The normalized spacial score (nSPS) is 13.1. The highest BCUT2D eigenvalue weighted by molar-refractivity contribution is 7.91. The summed E-state index contributed by atoms with van der Waals surface area (Å²) in [5.74, 6) is 0.228. The van der Waals surface area contributed by atoms with Gasteiger partial charge >= 0.3 is 0 Å². The molecule has 1 aromatic heterocycles. The first-order valence-corrected chi connectivity index (χ1v) is 12.3. The number of fused-ring (bicyclic) bond motifs is 1. The molecule has 0 radical (unpaired) electrons. The number of sulfone groups is 1. The van der Waals surface area contributed by atoms with Crippen LogP contribution in [0.2, 0.25) is 0 Å². The maximum atomic E-state index is 12.6. The van der Waals surface area contributed by atoms with Crippen LogP contribution < -0.4 is 14.8 Å². The van der Waals surface area contributed by atoms with E-state index in [-0.39, 0.29) is 17.1 Å². The second-order valence-corrected chi connectivity index (χ2v) is 10.4. The van der Waals surface area contributed by atoms with Crippen molar-refractivity contribution in [1.29, 1.82) is 0 Å². The number of aromatic nitrogens is 1. The van der Waals surface area contributed by atoms with Crippen LogP contribution in [0.5, 0.6) is 11.5 Å². The Morgan fingerprint density at radius 3 is 2.61 bits per heavy atom. The maximum absolute atomic E-state index is 12.6. The summed E-state index contributed by atoms with van der Waals surface area (Å²) in [4.78, 5) is 17.6. The van der Waals surface area contributed by atoms with E-state index in [2.05, 4.69) is 34.6 Å². The van der Waals surface area contributed by atoms with Crippen LogP contribution in [0, 0.1) is 6.92 Å². The molecule has 0 spiro atoms. The van der Waals surface area contributed by atoms with E-state index in [9.17, 15) is 13.2 Å². The highest BCUT2D eigenvalue weighted by Crippen LogP contribution is 2.32. The molecule has 1 amide bonds. The Labute approximate surface area is 185 Å². The van der Waals surface area contributed by atoms with Gasteiger partial charge in [-0.15, -0.1) is 11.3 Å². The topological polar surface area (TPSA) is 94.6 Å². The zero-order valence-corrected chi connectivity index (χ0v) is 18.6. The second kappa shape index (κ2) is 9.07. The quantitative estimate of drug-likeness (QED) is 0.581. The van der Waals surface area contributed by atoms with E-state index in [1.54, 1.807) is 12.3 Å². The van der Waals surface area contributed by atoms with Crippen molar-refractivity contribution in [3.05, 3.63) is 64.7 Å². The third kappa shape index (κ3) is 5.42. The number of benzene rings is 2. The number of aryl methyl sites for hydroxylation is 1. The summed E-state index contributed by atoms with van der Waals surface area (Å²) in [5.41, 5.74) is 2.37. The smallest absolute Gasteiger partial charge is 0.227 e. The molecule has 1 aliphatic heterocycles. The minimum atomic E-state index is -3.63. The first kappa shape index (κ1) is 21.3. The summed E-state index contributed by atoms with van der Waals surface area (Å²) in [6, 6.07) is 12.7. The average molecular weight is 459 g/mol. The Bertz CT molecular complexity index is 1190. The molecule has 2 aromatic carbocycles. The van der Waals surface area contributed by atoms with Crippen LogP contribution in [0.3, 0.4) is 0 Å². The van der Waals surface area contributed by atoms with Gasteiger partial charge in [0.2, 0.25) is 5.91 Å². The highest BCUT2D eigenvalue weighted by Gasteiger charge is 2.21. The SMILES string of the molecule is Cc1ccc(Cc2cnc(NC(=O)CCS(=O)(=O)c3ccc4c(c3)OCCO4)s2)cc1. The minimum Gasteiger partial charge on any atom is -0.486 e. The van der Waals surface area contributed by atoms with Gasteiger partial charge < -0.3 is 14.8 Å². The fourth-order valence-corrected chi connectivity index (χ4v) is 5.21. The summed E-state index contributed by atoms with van der Waals surface area (Å²) >= 11 is 1.38. The Balaban J connectivity index is 1.33. The van der Waals surface area contributed by atoms with Gasteiger partial charge in [0.1, 0.15) is 13.2 Å². The van der Waals surface area contributed by atoms with Crippen molar-refractivity contribution in [3.63, 3.8) is 0 Å². The lowest BCUT2D eigenvalue weighted by Crippen LogP contribution is -2.18. The largest absolute Gasteiger partial charge is 0.486 e. The van der Waals surface area contributed by atoms with Crippen LogP contribution >= 0.6 is 11.3 Å². The molecule has 0 bridgehead atoms. The third-order valence-electron chi connectivity index (χ3n) is 4.77. The van der Waals surface area contributed by atoms with Gasteiger partial charge in [-0.25, -0.2) is 13.4 Å². The number of nitrogens with one attached hydrogen (secondary N) is 1. The lowest BCUT2D eigenvalue weighted by atomic mass is 10.1. The zero-order valence-electron chi connectivity index (χ0n) is 17.0. The first-order chi connectivity index (χ1) is 14.9. The number of nitrogens with zero attached hydrogens (tertiary/aromatic N) is 1. The molecule has 4 rings (SSSR count). The van der Waals surface area contributed by atoms with E-state index in [4.69, 9.17) is 9.47 Å². The fourth-order valence-electron chi connectivity index (χ4n) is 3.10. The van der Waals surface area contributed by atoms with Crippen molar-refractivity contribution in [3.8, 4) is 11.5 Å². The van der Waals surface area contributed by atoms with Gasteiger partial charge in [-0.1, -0.05) is 29.8 Å². The van der Waals surface area contributed by atoms with Crippen molar-refractivity contribution in [1.82, 2.24) is 4.98 Å². The maximum Gasteiger partial charge on any atom is 0.227 e. The standard InChI is InChI=1S/C22H22N2O5S2/c1-15-2-4-16(5-3-15)12-17-14-23-22(30-17)24-21(25)8-11-31(26,27)18-6-7-19-20(13-18)29-10-9-28-19/h2-7,13-14H,8-12H2,1H3,(H,23,24,25). The lowest BCUT2D eigenvalue weighted by molar-refractivity contribution is -0.115. The number of anilines is 1. The molecule has 7 nitrogen and oxygen atoms in total. The average Bonchev–Trinajstić information content (AvgIpc) is 3.20. The number of thiazole rings is 1. The van der Waals surface area contributed by atoms with E-state index in [0.29, 0.717) is 29.8 Å². The molecule has 0 fully saturated rings. The van der Waals surface area contributed by atoms with E-state index in [0.717, 1.165) is 16.9 Å². The van der Waals surface area contributed by atoms with Gasteiger partial charge in [0, 0.05) is 30.0 Å². The summed E-state index contributed by atoms with van der Waals surface area (Å²) in [6.07, 6.45) is 2.29. The molecular weight excluding hydrogens is 436 g/mol. The van der Waals surface area contributed by atoms with E-state index in [1.807, 2.05) is 6.92 Å². The number of hydrogen-bond acceptors (Lipinski definition) is 7. The summed E-state index contributed by atoms with van der Waals surface area (Å²) in [6.45, 7) is 2.85. The van der Waals surface area contributed by atoms with Gasteiger partial charge in [0.15, 0.2) is 26.5 Å². The molecule has 0 aliphatic carbocycles. The second-order valence-electron chi connectivity index (χ2n) is 7.22. The molecule has 1 aliphatic rings. The summed E-state index contributed by atoms with van der Waals surface area (Å²) in [5, 5.41) is 3.15. The highest BCUT2D eigenvalue weighted by atomic mass is 32.2. The molecule has 3 aromatic rings. The van der Waals surface area contributed by atoms with Crippen molar-refractivity contribution in [2.75, 3.05) is 24.3 Å². The van der Waals surface area contributed by atoms with Crippen molar-refractivity contribution in [2.45, 2.75) is 24.7 Å². The molecule has 0 saturated heterocycles. The summed E-state index contributed by atoms with van der Waals surface area (Å²) < 4.78 is 36.1. The fraction of sp³-hybridized carbons (Fsp3) is 0.273. The van der Waals surface area contributed by atoms with Crippen LogP contribution in [-0.4, -0.2) is 38.3 Å². The van der Waals surface area contributed by atoms with Gasteiger partial charge in [0.25, 0.3) is 0 Å². The van der Waals surface area contributed by atoms with E-state index >= 15 is 0 Å². The number of carbonyl (C=O) groups excluding carboxylic acids is 1. The van der Waals surface area contributed by atoms with Crippen LogP contribution in [-0.2, 0) is 21.1 Å². The first-order valence-electron chi connectivity index (χ1n) is 9.81. The number of carbonyl (C=O) groups is 1. The number of amides is 1. The molecule has 0 unspecified atom stereocenters. The molecule has 0 saturated carbocycles. The molecule has 0 atom stereocenters. The monoisotopic (exact) mass is 458 g/mol. The molecule has 31 heavy (non-hydrogen) atoms. The molecule has 1 N–H and O–H groups in total. The van der Waals surface area contributed by atoms with E-state index in [1.165, 1.54) is 29.0 Å². The van der Waals surface area contributed by atoms with Crippen molar-refractivity contribution < 1.29 is 22.7 Å². The van der Waals surface area contributed by atoms with Crippen LogP contribution in [0.15, 0.2) is 53.6 Å². The van der Waals surface area contributed by atoms with Crippen molar-refractivity contribution in [2.24, 2.45) is 0 Å². The number of hydrogen-bond donors (Lipinski definition) is 1. The van der Waals surface area contributed by atoms with Crippen LogP contribution in [0.1, 0.15) is 22.4 Å². The summed E-state index contributed by atoms with van der Waals surface area (Å²) in [7, 11) is -3.63. The van der Waals surface area contributed by atoms with Gasteiger partial charge in [-0.2, -0.15) is 0 Å². The lowest BCUT2D eigenvalue weighted by Gasteiger charge is -2.18. The molecule has 9 heteroatoms. The third-order valence-corrected chi connectivity index (χ3v) is 7.40. The number of ether oxygens (including phenoxy) is 2.